The van der Waals surface area contributed by atoms with Crippen molar-refractivity contribution in [1.29, 1.82) is 0 Å². The molecule has 84 valence electrons. The molecule has 1 atom stereocenters. The van der Waals surface area contributed by atoms with Gasteiger partial charge in [0.1, 0.15) is 5.82 Å². The number of rotatable bonds is 3. The highest BCUT2D eigenvalue weighted by atomic mass is 19.1. The van der Waals surface area contributed by atoms with Crippen LogP contribution in [-0.2, 0) is 4.74 Å². The lowest BCUT2D eigenvalue weighted by Gasteiger charge is -2.27. The van der Waals surface area contributed by atoms with E-state index in [9.17, 15) is 4.39 Å². The molecule has 0 aliphatic rings. The van der Waals surface area contributed by atoms with Crippen molar-refractivity contribution < 1.29 is 9.13 Å². The average molecular weight is 210 g/mol. The zero-order valence-corrected chi connectivity index (χ0v) is 9.88. The minimum absolute atomic E-state index is 0.0469. The standard InChI is InChI=1S/C13H19FO/c1-5-12(15-13(2,3)4)10-6-8-11(14)9-7-10/h6-9,12H,5H2,1-4H3. The number of hydrogen-bond donors (Lipinski definition) is 0. The molecule has 0 radical (unpaired) electrons. The van der Waals surface area contributed by atoms with Crippen LogP contribution in [0.5, 0.6) is 0 Å². The zero-order valence-electron chi connectivity index (χ0n) is 9.88. The average Bonchev–Trinajstić information content (AvgIpc) is 2.14. The Morgan fingerprint density at radius 3 is 2.13 bits per heavy atom. The summed E-state index contributed by atoms with van der Waals surface area (Å²) in [6.07, 6.45) is 0.939. The van der Waals surface area contributed by atoms with Gasteiger partial charge >= 0.3 is 0 Å². The van der Waals surface area contributed by atoms with Gasteiger partial charge in [0.05, 0.1) is 11.7 Å². The number of ether oxygens (including phenoxy) is 1. The van der Waals surface area contributed by atoms with E-state index in [4.69, 9.17) is 4.74 Å². The molecule has 1 aromatic carbocycles. The molecule has 1 rings (SSSR count). The highest BCUT2D eigenvalue weighted by molar-refractivity contribution is 5.18. The highest BCUT2D eigenvalue weighted by Gasteiger charge is 2.18. The van der Waals surface area contributed by atoms with Crippen molar-refractivity contribution in [3.05, 3.63) is 35.6 Å². The molecule has 0 aliphatic heterocycles. The van der Waals surface area contributed by atoms with Gasteiger partial charge in [-0.2, -0.15) is 0 Å². The van der Waals surface area contributed by atoms with E-state index in [2.05, 4.69) is 6.92 Å². The van der Waals surface area contributed by atoms with Crippen LogP contribution >= 0.6 is 0 Å². The molecule has 0 aliphatic carbocycles. The molecule has 0 bridgehead atoms. The summed E-state index contributed by atoms with van der Waals surface area (Å²) in [6.45, 7) is 8.15. The fourth-order valence-electron chi connectivity index (χ4n) is 1.49. The summed E-state index contributed by atoms with van der Waals surface area (Å²) in [5, 5.41) is 0. The van der Waals surface area contributed by atoms with E-state index in [-0.39, 0.29) is 17.5 Å². The molecule has 0 N–H and O–H groups in total. The van der Waals surface area contributed by atoms with E-state index in [1.807, 2.05) is 20.8 Å². The second kappa shape index (κ2) is 4.75. The highest BCUT2D eigenvalue weighted by Crippen LogP contribution is 2.26. The topological polar surface area (TPSA) is 9.23 Å². The van der Waals surface area contributed by atoms with Crippen LogP contribution in [0.2, 0.25) is 0 Å². The third-order valence-electron chi connectivity index (χ3n) is 2.11. The molecule has 0 saturated carbocycles. The SMILES string of the molecule is CCC(OC(C)(C)C)c1ccc(F)cc1. The predicted octanol–water partition coefficient (Wildman–Crippen LogP) is 4.09. The maximum atomic E-state index is 12.8. The lowest BCUT2D eigenvalue weighted by atomic mass is 10.1. The van der Waals surface area contributed by atoms with E-state index in [1.165, 1.54) is 12.1 Å². The van der Waals surface area contributed by atoms with Crippen LogP contribution in [0.3, 0.4) is 0 Å². The molecule has 0 fully saturated rings. The van der Waals surface area contributed by atoms with Crippen LogP contribution in [0.1, 0.15) is 45.8 Å². The van der Waals surface area contributed by atoms with Crippen LogP contribution in [0, 0.1) is 5.82 Å². The van der Waals surface area contributed by atoms with Crippen molar-refractivity contribution in [3.8, 4) is 0 Å². The Labute approximate surface area is 91.3 Å². The second-order valence-electron chi connectivity index (χ2n) is 4.68. The monoisotopic (exact) mass is 210 g/mol. The first-order valence-corrected chi connectivity index (χ1v) is 5.35. The number of halogens is 1. The van der Waals surface area contributed by atoms with Gasteiger partial charge in [0.2, 0.25) is 0 Å². The number of hydrogen-bond acceptors (Lipinski definition) is 1. The molecule has 1 unspecified atom stereocenters. The summed E-state index contributed by atoms with van der Waals surface area (Å²) in [7, 11) is 0. The Balaban J connectivity index is 2.79. The molecule has 0 heterocycles. The van der Waals surface area contributed by atoms with Crippen molar-refractivity contribution >= 4 is 0 Å². The summed E-state index contributed by atoms with van der Waals surface area (Å²) in [5.74, 6) is -0.204. The lowest BCUT2D eigenvalue weighted by molar-refractivity contribution is -0.0631. The molecule has 0 amide bonds. The van der Waals surface area contributed by atoms with Gasteiger partial charge in [0.15, 0.2) is 0 Å². The fraction of sp³-hybridized carbons (Fsp3) is 0.538. The van der Waals surface area contributed by atoms with Crippen LogP contribution < -0.4 is 0 Å². The minimum Gasteiger partial charge on any atom is -0.368 e. The van der Waals surface area contributed by atoms with E-state index >= 15 is 0 Å². The predicted molar refractivity (Wildman–Crippen MR) is 60.3 cm³/mol. The van der Waals surface area contributed by atoms with E-state index in [0.717, 1.165) is 12.0 Å². The molecule has 1 aromatic rings. The Hall–Kier alpha value is -0.890. The van der Waals surface area contributed by atoms with Crippen LogP contribution in [0.25, 0.3) is 0 Å². The Morgan fingerprint density at radius 2 is 1.73 bits per heavy atom. The summed E-state index contributed by atoms with van der Waals surface area (Å²) in [5.41, 5.74) is 0.864. The van der Waals surface area contributed by atoms with Crippen LogP contribution in [0.4, 0.5) is 4.39 Å². The molecular weight excluding hydrogens is 191 g/mol. The quantitative estimate of drug-likeness (QED) is 0.730. The first-order chi connectivity index (χ1) is 6.92. The summed E-state index contributed by atoms with van der Waals surface area (Å²) in [4.78, 5) is 0. The van der Waals surface area contributed by atoms with Gasteiger partial charge in [-0.25, -0.2) is 4.39 Å². The van der Waals surface area contributed by atoms with Crippen LogP contribution in [-0.4, -0.2) is 5.60 Å². The van der Waals surface area contributed by atoms with E-state index in [0.29, 0.717) is 0 Å². The maximum Gasteiger partial charge on any atom is 0.123 e. The Kier molecular flexibility index (Phi) is 3.86. The molecule has 1 nitrogen and oxygen atoms in total. The summed E-state index contributed by atoms with van der Waals surface area (Å²) in [6, 6.07) is 6.53. The Morgan fingerprint density at radius 1 is 1.20 bits per heavy atom. The normalized spacial score (nSPS) is 13.9. The van der Waals surface area contributed by atoms with Gasteiger partial charge < -0.3 is 4.74 Å². The van der Waals surface area contributed by atoms with Crippen LogP contribution in [0.15, 0.2) is 24.3 Å². The zero-order chi connectivity index (χ0) is 11.5. The molecule has 0 spiro atoms. The fourth-order valence-corrected chi connectivity index (χ4v) is 1.49. The lowest BCUT2D eigenvalue weighted by Crippen LogP contribution is -2.22. The summed E-state index contributed by atoms with van der Waals surface area (Å²) < 4.78 is 18.6. The molecule has 2 heteroatoms. The molecule has 0 aromatic heterocycles. The van der Waals surface area contributed by atoms with Crippen molar-refractivity contribution in [2.45, 2.75) is 45.8 Å². The number of benzene rings is 1. The van der Waals surface area contributed by atoms with Crippen molar-refractivity contribution in [1.82, 2.24) is 0 Å². The maximum absolute atomic E-state index is 12.8. The second-order valence-corrected chi connectivity index (χ2v) is 4.68. The molecule has 0 saturated heterocycles. The smallest absolute Gasteiger partial charge is 0.123 e. The largest absolute Gasteiger partial charge is 0.368 e. The minimum atomic E-state index is -0.204. The van der Waals surface area contributed by atoms with E-state index < -0.39 is 0 Å². The van der Waals surface area contributed by atoms with Gasteiger partial charge in [-0.1, -0.05) is 19.1 Å². The third kappa shape index (κ3) is 4.00. The first kappa shape index (κ1) is 12.2. The van der Waals surface area contributed by atoms with Gasteiger partial charge in [0, 0.05) is 0 Å². The van der Waals surface area contributed by atoms with Gasteiger partial charge in [-0.15, -0.1) is 0 Å². The summed E-state index contributed by atoms with van der Waals surface area (Å²) >= 11 is 0. The van der Waals surface area contributed by atoms with Gasteiger partial charge in [-0.3, -0.25) is 0 Å². The first-order valence-electron chi connectivity index (χ1n) is 5.35. The third-order valence-corrected chi connectivity index (χ3v) is 2.11. The van der Waals surface area contributed by atoms with Crippen molar-refractivity contribution in [2.24, 2.45) is 0 Å². The van der Waals surface area contributed by atoms with E-state index in [1.54, 1.807) is 12.1 Å². The van der Waals surface area contributed by atoms with Crippen molar-refractivity contribution in [2.75, 3.05) is 0 Å². The Bertz CT molecular complexity index is 297. The van der Waals surface area contributed by atoms with Gasteiger partial charge in [-0.05, 0) is 44.9 Å². The van der Waals surface area contributed by atoms with Crippen molar-refractivity contribution in [3.63, 3.8) is 0 Å². The van der Waals surface area contributed by atoms with Gasteiger partial charge in [0.25, 0.3) is 0 Å². The molecular formula is C13H19FO. The molecule has 15 heavy (non-hydrogen) atoms.